The van der Waals surface area contributed by atoms with Crippen molar-refractivity contribution in [3.05, 3.63) is 23.8 Å². The lowest BCUT2D eigenvalue weighted by molar-refractivity contribution is 0.162. The van der Waals surface area contributed by atoms with Gasteiger partial charge in [0, 0.05) is 19.6 Å². The number of anilines is 1. The monoisotopic (exact) mass is 254 g/mol. The average molecular weight is 254 g/mol. The van der Waals surface area contributed by atoms with E-state index in [1.807, 2.05) is 23.1 Å². The van der Waals surface area contributed by atoms with E-state index in [0.717, 1.165) is 18.5 Å². The molecule has 1 aromatic carbocycles. The fourth-order valence-corrected chi connectivity index (χ4v) is 1.84. The first kappa shape index (κ1) is 14.8. The van der Waals surface area contributed by atoms with Gasteiger partial charge in [-0.1, -0.05) is 6.07 Å². The fraction of sp³-hybridized carbons (Fsp3) is 0.538. The second kappa shape index (κ2) is 7.92. The van der Waals surface area contributed by atoms with E-state index >= 15 is 0 Å². The van der Waals surface area contributed by atoms with Crippen molar-refractivity contribution >= 4 is 5.69 Å². The number of hydrogen-bond acceptors (Lipinski definition) is 5. The highest BCUT2D eigenvalue weighted by Gasteiger charge is 2.05. The third-order valence-corrected chi connectivity index (χ3v) is 2.84. The van der Waals surface area contributed by atoms with E-state index in [4.69, 9.17) is 20.7 Å². The van der Waals surface area contributed by atoms with E-state index in [1.165, 1.54) is 0 Å². The van der Waals surface area contributed by atoms with Crippen LogP contribution >= 0.6 is 0 Å². The van der Waals surface area contributed by atoms with Crippen molar-refractivity contribution in [2.45, 2.75) is 6.42 Å². The summed E-state index contributed by atoms with van der Waals surface area (Å²) in [6.45, 7) is 2.14. The predicted molar refractivity (Wildman–Crippen MR) is 71.7 cm³/mol. The summed E-state index contributed by atoms with van der Waals surface area (Å²) >= 11 is 0. The Labute approximate surface area is 108 Å². The van der Waals surface area contributed by atoms with Gasteiger partial charge in [-0.2, -0.15) is 0 Å². The zero-order valence-electron chi connectivity index (χ0n) is 10.8. The quantitative estimate of drug-likeness (QED) is 0.574. The van der Waals surface area contributed by atoms with Gasteiger partial charge in [-0.25, -0.2) is 0 Å². The fourth-order valence-electron chi connectivity index (χ4n) is 1.84. The first-order valence-corrected chi connectivity index (χ1v) is 6.07. The number of nitrogen functional groups attached to an aromatic ring is 1. The van der Waals surface area contributed by atoms with Crippen LogP contribution in [-0.2, 0) is 6.42 Å². The molecule has 0 aromatic heterocycles. The molecule has 5 nitrogen and oxygen atoms in total. The number of aliphatic hydroxyl groups is 2. The number of benzene rings is 1. The molecule has 0 fully saturated rings. The molecule has 0 aliphatic carbocycles. The Morgan fingerprint density at radius 2 is 1.83 bits per heavy atom. The Hall–Kier alpha value is -1.30. The van der Waals surface area contributed by atoms with Crippen LogP contribution in [0.2, 0.25) is 0 Å². The molecule has 0 radical (unpaired) electrons. The van der Waals surface area contributed by atoms with E-state index < -0.39 is 0 Å². The van der Waals surface area contributed by atoms with Gasteiger partial charge < -0.3 is 20.7 Å². The van der Waals surface area contributed by atoms with Crippen LogP contribution in [0.15, 0.2) is 18.2 Å². The zero-order valence-corrected chi connectivity index (χ0v) is 10.8. The van der Waals surface area contributed by atoms with Crippen molar-refractivity contribution in [2.24, 2.45) is 0 Å². The topological polar surface area (TPSA) is 79.0 Å². The molecule has 18 heavy (non-hydrogen) atoms. The predicted octanol–water partition coefficient (Wildman–Crippen LogP) is 0.106. The molecule has 0 saturated heterocycles. The third-order valence-electron chi connectivity index (χ3n) is 2.84. The van der Waals surface area contributed by atoms with Crippen LogP contribution in [0.3, 0.4) is 0 Å². The molecule has 0 heterocycles. The van der Waals surface area contributed by atoms with E-state index in [0.29, 0.717) is 24.5 Å². The van der Waals surface area contributed by atoms with Gasteiger partial charge in [0.15, 0.2) is 0 Å². The maximum atomic E-state index is 8.91. The largest absolute Gasteiger partial charge is 0.495 e. The highest BCUT2D eigenvalue weighted by Crippen LogP contribution is 2.22. The molecule has 0 aliphatic heterocycles. The molecular weight excluding hydrogens is 232 g/mol. The lowest BCUT2D eigenvalue weighted by Crippen LogP contribution is -2.31. The van der Waals surface area contributed by atoms with Gasteiger partial charge in [0.2, 0.25) is 0 Å². The lowest BCUT2D eigenvalue weighted by Gasteiger charge is -2.20. The van der Waals surface area contributed by atoms with Crippen LogP contribution in [0, 0.1) is 0 Å². The Morgan fingerprint density at radius 3 is 2.33 bits per heavy atom. The number of aliphatic hydroxyl groups excluding tert-OH is 2. The lowest BCUT2D eigenvalue weighted by atomic mass is 10.1. The van der Waals surface area contributed by atoms with Crippen LogP contribution < -0.4 is 10.5 Å². The third kappa shape index (κ3) is 4.52. The van der Waals surface area contributed by atoms with Crippen molar-refractivity contribution in [1.29, 1.82) is 0 Å². The molecule has 0 unspecified atom stereocenters. The molecular formula is C13H22N2O3. The minimum absolute atomic E-state index is 0.102. The SMILES string of the molecule is COc1ccc(CCN(CCO)CCO)cc1N. The number of nitrogens with zero attached hydrogens (tertiary/aromatic N) is 1. The van der Waals surface area contributed by atoms with Gasteiger partial charge in [0.25, 0.3) is 0 Å². The molecule has 1 aromatic rings. The number of rotatable bonds is 8. The summed E-state index contributed by atoms with van der Waals surface area (Å²) in [5.74, 6) is 0.682. The van der Waals surface area contributed by atoms with Gasteiger partial charge >= 0.3 is 0 Å². The summed E-state index contributed by atoms with van der Waals surface area (Å²) in [5.41, 5.74) is 7.59. The summed E-state index contributed by atoms with van der Waals surface area (Å²) in [6.07, 6.45) is 0.828. The molecule has 0 amide bonds. The van der Waals surface area contributed by atoms with E-state index in [9.17, 15) is 0 Å². The minimum atomic E-state index is 0.102. The molecule has 102 valence electrons. The second-order valence-corrected chi connectivity index (χ2v) is 4.12. The maximum absolute atomic E-state index is 8.91. The van der Waals surface area contributed by atoms with Crippen molar-refractivity contribution < 1.29 is 14.9 Å². The molecule has 5 heteroatoms. The first-order valence-electron chi connectivity index (χ1n) is 6.07. The minimum Gasteiger partial charge on any atom is -0.495 e. The Kier molecular flexibility index (Phi) is 6.49. The van der Waals surface area contributed by atoms with Crippen LogP contribution in [0.25, 0.3) is 0 Å². The standard InChI is InChI=1S/C13H22N2O3/c1-18-13-3-2-11(10-12(13)14)4-5-15(6-8-16)7-9-17/h2-3,10,16-17H,4-9,14H2,1H3. The molecule has 4 N–H and O–H groups in total. The maximum Gasteiger partial charge on any atom is 0.141 e. The summed E-state index contributed by atoms with van der Waals surface area (Å²) in [6, 6.07) is 5.73. The number of methoxy groups -OCH3 is 1. The molecule has 0 saturated carbocycles. The van der Waals surface area contributed by atoms with Crippen LogP contribution in [-0.4, -0.2) is 55.1 Å². The van der Waals surface area contributed by atoms with Gasteiger partial charge in [-0.05, 0) is 24.1 Å². The summed E-state index contributed by atoms with van der Waals surface area (Å²) in [7, 11) is 1.59. The summed E-state index contributed by atoms with van der Waals surface area (Å²) < 4.78 is 5.10. The van der Waals surface area contributed by atoms with Crippen molar-refractivity contribution in [3.8, 4) is 5.75 Å². The van der Waals surface area contributed by atoms with Gasteiger partial charge in [0.1, 0.15) is 5.75 Å². The number of nitrogens with two attached hydrogens (primary N) is 1. The van der Waals surface area contributed by atoms with Crippen molar-refractivity contribution in [3.63, 3.8) is 0 Å². The Morgan fingerprint density at radius 1 is 1.17 bits per heavy atom. The first-order chi connectivity index (χ1) is 8.71. The van der Waals surface area contributed by atoms with Gasteiger partial charge in [-0.15, -0.1) is 0 Å². The van der Waals surface area contributed by atoms with E-state index in [1.54, 1.807) is 7.11 Å². The molecule has 0 aliphatic rings. The van der Waals surface area contributed by atoms with Gasteiger partial charge in [-0.3, -0.25) is 4.90 Å². The van der Waals surface area contributed by atoms with Crippen LogP contribution in [0.5, 0.6) is 5.75 Å². The molecule has 0 atom stereocenters. The van der Waals surface area contributed by atoms with E-state index in [-0.39, 0.29) is 13.2 Å². The zero-order chi connectivity index (χ0) is 13.4. The van der Waals surface area contributed by atoms with Crippen LogP contribution in [0.1, 0.15) is 5.56 Å². The normalized spacial score (nSPS) is 10.9. The summed E-state index contributed by atoms with van der Waals surface area (Å²) in [4.78, 5) is 2.01. The van der Waals surface area contributed by atoms with Gasteiger partial charge in [0.05, 0.1) is 26.0 Å². The van der Waals surface area contributed by atoms with Crippen LogP contribution in [0.4, 0.5) is 5.69 Å². The smallest absolute Gasteiger partial charge is 0.141 e. The summed E-state index contributed by atoms with van der Waals surface area (Å²) in [5, 5.41) is 17.8. The van der Waals surface area contributed by atoms with E-state index in [2.05, 4.69) is 0 Å². The molecule has 1 rings (SSSR count). The molecule has 0 spiro atoms. The second-order valence-electron chi connectivity index (χ2n) is 4.12. The van der Waals surface area contributed by atoms with Crippen molar-refractivity contribution in [1.82, 2.24) is 4.90 Å². The highest BCUT2D eigenvalue weighted by atomic mass is 16.5. The highest BCUT2D eigenvalue weighted by molar-refractivity contribution is 5.54. The average Bonchev–Trinajstić information content (AvgIpc) is 2.36. The molecule has 0 bridgehead atoms. The Balaban J connectivity index is 2.53. The number of hydrogen-bond donors (Lipinski definition) is 3. The Bertz CT molecular complexity index is 352. The number of ether oxygens (including phenoxy) is 1. The van der Waals surface area contributed by atoms with Crippen molar-refractivity contribution in [2.75, 3.05) is 45.7 Å².